The lowest BCUT2D eigenvalue weighted by Gasteiger charge is -2.11. The van der Waals surface area contributed by atoms with Gasteiger partial charge in [-0.2, -0.15) is 0 Å². The summed E-state index contributed by atoms with van der Waals surface area (Å²) in [5.74, 6) is -0.516. The second-order valence-electron chi connectivity index (χ2n) is 3.70. The van der Waals surface area contributed by atoms with Crippen molar-refractivity contribution < 1.29 is 19.4 Å². The van der Waals surface area contributed by atoms with Crippen LogP contribution in [-0.2, 0) is 4.79 Å². The van der Waals surface area contributed by atoms with E-state index in [-0.39, 0.29) is 11.5 Å². The summed E-state index contributed by atoms with van der Waals surface area (Å²) < 4.78 is 6.64. The quantitative estimate of drug-likeness (QED) is 0.727. The van der Waals surface area contributed by atoms with Crippen LogP contribution in [-0.4, -0.2) is 30.6 Å². The van der Waals surface area contributed by atoms with Crippen molar-refractivity contribution in [2.75, 3.05) is 13.7 Å². The minimum Gasteiger partial charge on any atom is -0.491 e. The predicted molar refractivity (Wildman–Crippen MR) is 77.6 cm³/mol. The Kier molecular flexibility index (Phi) is 6.30. The smallest absolute Gasteiger partial charge is 0.335 e. The summed E-state index contributed by atoms with van der Waals surface area (Å²) in [6, 6.07) is 2.95. The maximum absolute atomic E-state index is 11.0. The number of carbonyl (C=O) groups is 2. The van der Waals surface area contributed by atoms with Gasteiger partial charge in [0.2, 0.25) is 5.91 Å². The van der Waals surface area contributed by atoms with Gasteiger partial charge in [-0.15, -0.1) is 0 Å². The first kappa shape index (κ1) is 16.0. The normalized spacial score (nSPS) is 10.1. The van der Waals surface area contributed by atoms with E-state index in [1.165, 1.54) is 12.1 Å². The molecule has 0 saturated heterocycles. The molecule has 0 bridgehead atoms. The Morgan fingerprint density at radius 3 is 2.37 bits per heavy atom. The van der Waals surface area contributed by atoms with Crippen LogP contribution >= 0.6 is 31.9 Å². The number of ether oxygens (including phenoxy) is 1. The fourth-order valence-electron chi connectivity index (χ4n) is 1.35. The molecule has 0 unspecified atom stereocenters. The van der Waals surface area contributed by atoms with E-state index in [4.69, 9.17) is 9.84 Å². The van der Waals surface area contributed by atoms with Crippen LogP contribution in [0, 0.1) is 0 Å². The number of amides is 1. The summed E-state index contributed by atoms with van der Waals surface area (Å²) in [5.41, 5.74) is 0.163. The number of hydrogen-bond donors (Lipinski definition) is 2. The molecular formula is C12H13Br2NO4. The number of hydrogen-bond acceptors (Lipinski definition) is 3. The average Bonchev–Trinajstić information content (AvgIpc) is 2.36. The summed E-state index contributed by atoms with van der Waals surface area (Å²) in [6.07, 6.45) is 0.970. The van der Waals surface area contributed by atoms with Crippen LogP contribution in [0.5, 0.6) is 5.75 Å². The van der Waals surface area contributed by atoms with Crippen LogP contribution in [0.3, 0.4) is 0 Å². The molecule has 0 radical (unpaired) electrons. The zero-order valence-electron chi connectivity index (χ0n) is 10.2. The SMILES string of the molecule is CNC(=O)CCCOc1c(Br)cc(C(=O)O)cc1Br. The number of carbonyl (C=O) groups excluding carboxylic acids is 1. The molecule has 1 amide bonds. The lowest BCUT2D eigenvalue weighted by molar-refractivity contribution is -0.120. The van der Waals surface area contributed by atoms with Crippen LogP contribution in [0.1, 0.15) is 23.2 Å². The second-order valence-corrected chi connectivity index (χ2v) is 5.41. The predicted octanol–water partition coefficient (Wildman–Crippen LogP) is 2.81. The molecule has 104 valence electrons. The molecule has 0 atom stereocenters. The van der Waals surface area contributed by atoms with Crippen LogP contribution in [0.15, 0.2) is 21.1 Å². The fourth-order valence-corrected chi connectivity index (χ4v) is 2.77. The molecule has 0 fully saturated rings. The monoisotopic (exact) mass is 393 g/mol. The van der Waals surface area contributed by atoms with Gasteiger partial charge in [-0.25, -0.2) is 4.79 Å². The van der Waals surface area contributed by atoms with E-state index < -0.39 is 5.97 Å². The zero-order chi connectivity index (χ0) is 14.4. The van der Waals surface area contributed by atoms with Gasteiger partial charge >= 0.3 is 5.97 Å². The minimum atomic E-state index is -1.01. The largest absolute Gasteiger partial charge is 0.491 e. The molecule has 1 rings (SSSR count). The van der Waals surface area contributed by atoms with E-state index >= 15 is 0 Å². The standard InChI is InChI=1S/C12H13Br2NO4/c1-15-10(16)3-2-4-19-11-8(13)5-7(12(17)18)6-9(11)14/h5-6H,2-4H2,1H3,(H,15,16)(H,17,18). The van der Waals surface area contributed by atoms with E-state index in [1.807, 2.05) is 0 Å². The van der Waals surface area contributed by atoms with E-state index in [1.54, 1.807) is 7.05 Å². The van der Waals surface area contributed by atoms with Crippen molar-refractivity contribution >= 4 is 43.7 Å². The highest BCUT2D eigenvalue weighted by Crippen LogP contribution is 2.34. The second kappa shape index (κ2) is 7.49. The van der Waals surface area contributed by atoms with E-state index in [2.05, 4.69) is 37.2 Å². The van der Waals surface area contributed by atoms with Gasteiger partial charge < -0.3 is 15.2 Å². The van der Waals surface area contributed by atoms with Gasteiger partial charge in [0.1, 0.15) is 5.75 Å². The molecule has 0 saturated carbocycles. The lowest BCUT2D eigenvalue weighted by atomic mass is 10.2. The number of carboxylic acid groups (broad SMARTS) is 1. The fraction of sp³-hybridized carbons (Fsp3) is 0.333. The molecule has 0 heterocycles. The Labute approximate surface area is 127 Å². The van der Waals surface area contributed by atoms with Crippen molar-refractivity contribution in [1.29, 1.82) is 0 Å². The Balaban J connectivity index is 2.64. The molecule has 7 heteroatoms. The molecule has 0 aliphatic carbocycles. The summed E-state index contributed by atoms with van der Waals surface area (Å²) >= 11 is 6.53. The van der Waals surface area contributed by atoms with Crippen LogP contribution < -0.4 is 10.1 Å². The first-order valence-corrected chi connectivity index (χ1v) is 7.10. The van der Waals surface area contributed by atoms with E-state index in [0.717, 1.165) is 0 Å². The number of halogens is 2. The van der Waals surface area contributed by atoms with Crippen molar-refractivity contribution in [3.05, 3.63) is 26.6 Å². The number of aromatic carboxylic acids is 1. The molecule has 0 aliphatic rings. The number of rotatable bonds is 6. The van der Waals surface area contributed by atoms with Gasteiger partial charge in [0.25, 0.3) is 0 Å². The highest BCUT2D eigenvalue weighted by molar-refractivity contribution is 9.11. The third-order valence-electron chi connectivity index (χ3n) is 2.32. The van der Waals surface area contributed by atoms with Crippen LogP contribution in [0.2, 0.25) is 0 Å². The van der Waals surface area contributed by atoms with Crippen molar-refractivity contribution in [3.8, 4) is 5.75 Å². The summed E-state index contributed by atoms with van der Waals surface area (Å²) in [5, 5.41) is 11.4. The molecule has 1 aromatic carbocycles. The molecule has 1 aromatic rings. The minimum absolute atomic E-state index is 0.0389. The first-order valence-electron chi connectivity index (χ1n) is 5.51. The van der Waals surface area contributed by atoms with Crippen molar-refractivity contribution in [1.82, 2.24) is 5.32 Å². The van der Waals surface area contributed by atoms with Gasteiger partial charge in [-0.05, 0) is 50.4 Å². The highest BCUT2D eigenvalue weighted by Gasteiger charge is 2.12. The molecule has 19 heavy (non-hydrogen) atoms. The van der Waals surface area contributed by atoms with Crippen molar-refractivity contribution in [3.63, 3.8) is 0 Å². The highest BCUT2D eigenvalue weighted by atomic mass is 79.9. The van der Waals surface area contributed by atoms with E-state index in [0.29, 0.717) is 34.1 Å². The topological polar surface area (TPSA) is 75.6 Å². The van der Waals surface area contributed by atoms with E-state index in [9.17, 15) is 9.59 Å². The molecule has 2 N–H and O–H groups in total. The Morgan fingerprint density at radius 2 is 1.89 bits per heavy atom. The zero-order valence-corrected chi connectivity index (χ0v) is 13.4. The molecule has 5 nitrogen and oxygen atoms in total. The molecule has 0 aliphatic heterocycles. The van der Waals surface area contributed by atoms with Crippen molar-refractivity contribution in [2.45, 2.75) is 12.8 Å². The maximum atomic E-state index is 11.0. The van der Waals surface area contributed by atoms with Gasteiger partial charge in [0.05, 0.1) is 21.1 Å². The summed E-state index contributed by atoms with van der Waals surface area (Å²) in [7, 11) is 1.58. The summed E-state index contributed by atoms with van der Waals surface area (Å²) in [6.45, 7) is 0.372. The Bertz CT molecular complexity index is 468. The molecule has 0 aromatic heterocycles. The maximum Gasteiger partial charge on any atom is 0.335 e. The van der Waals surface area contributed by atoms with Crippen LogP contribution in [0.25, 0.3) is 0 Å². The third-order valence-corrected chi connectivity index (χ3v) is 3.50. The lowest BCUT2D eigenvalue weighted by Crippen LogP contribution is -2.18. The number of benzene rings is 1. The number of nitrogens with one attached hydrogen (secondary N) is 1. The Morgan fingerprint density at radius 1 is 1.32 bits per heavy atom. The average molecular weight is 395 g/mol. The number of carboxylic acids is 1. The van der Waals surface area contributed by atoms with Gasteiger partial charge in [0, 0.05) is 13.5 Å². The first-order chi connectivity index (χ1) is 8.95. The van der Waals surface area contributed by atoms with Gasteiger partial charge in [-0.1, -0.05) is 0 Å². The Hall–Kier alpha value is -1.08. The van der Waals surface area contributed by atoms with Gasteiger partial charge in [-0.3, -0.25) is 4.79 Å². The van der Waals surface area contributed by atoms with Crippen LogP contribution in [0.4, 0.5) is 0 Å². The molecule has 0 spiro atoms. The van der Waals surface area contributed by atoms with Gasteiger partial charge in [0.15, 0.2) is 0 Å². The van der Waals surface area contributed by atoms with Crippen molar-refractivity contribution in [2.24, 2.45) is 0 Å². The molecular weight excluding hydrogens is 382 g/mol. The third kappa shape index (κ3) is 4.83. The summed E-state index contributed by atoms with van der Waals surface area (Å²) in [4.78, 5) is 21.9.